The largest absolute Gasteiger partial charge is 0.159 e. The summed E-state index contributed by atoms with van der Waals surface area (Å²) in [4.78, 5) is 0. The minimum Gasteiger partial charge on any atom is -0.159 e. The lowest BCUT2D eigenvalue weighted by Gasteiger charge is -2.18. The number of hydrogen-bond acceptors (Lipinski definition) is 2. The van der Waals surface area contributed by atoms with Crippen LogP contribution in [0.1, 0.15) is 26.3 Å². The molecule has 0 unspecified atom stereocenters. The summed E-state index contributed by atoms with van der Waals surface area (Å²) in [7, 11) is 0. The Bertz CT molecular complexity index is 265. The van der Waals surface area contributed by atoms with Gasteiger partial charge in [0.25, 0.3) is 0 Å². The van der Waals surface area contributed by atoms with E-state index in [1.54, 1.807) is 6.20 Å². The summed E-state index contributed by atoms with van der Waals surface area (Å²) in [6, 6.07) is 0. The zero-order chi connectivity index (χ0) is 9.19. The highest BCUT2D eigenvalue weighted by atomic mass is 79.9. The number of halogens is 1. The van der Waals surface area contributed by atoms with Crippen molar-refractivity contribution in [2.45, 2.75) is 27.2 Å². The lowest BCUT2D eigenvalue weighted by molar-refractivity contribution is 0.409. The van der Waals surface area contributed by atoms with E-state index in [0.717, 1.165) is 10.9 Å². The van der Waals surface area contributed by atoms with Gasteiger partial charge in [-0.15, -0.1) is 0 Å². The Morgan fingerprint density at radius 3 is 2.33 bits per heavy atom. The molecule has 0 saturated heterocycles. The van der Waals surface area contributed by atoms with Crippen LogP contribution in [0.3, 0.4) is 0 Å². The van der Waals surface area contributed by atoms with Gasteiger partial charge in [-0.2, -0.15) is 10.2 Å². The molecule has 0 atom stereocenters. The van der Waals surface area contributed by atoms with Gasteiger partial charge in [0.15, 0.2) is 0 Å². The molecule has 1 heterocycles. The molecule has 1 rings (SSSR count). The fourth-order valence-corrected chi connectivity index (χ4v) is 1.37. The lowest BCUT2D eigenvalue weighted by atomic mass is 9.89. The number of aromatic nitrogens is 2. The van der Waals surface area contributed by atoms with E-state index < -0.39 is 0 Å². The summed E-state index contributed by atoms with van der Waals surface area (Å²) in [5.41, 5.74) is 1.52. The molecular formula is C9H13BrN2. The number of rotatable bonds is 1. The van der Waals surface area contributed by atoms with Crippen LogP contribution in [0.2, 0.25) is 0 Å². The van der Waals surface area contributed by atoms with Gasteiger partial charge in [-0.3, -0.25) is 0 Å². The zero-order valence-corrected chi connectivity index (χ0v) is 9.22. The van der Waals surface area contributed by atoms with E-state index in [1.807, 2.05) is 6.20 Å². The van der Waals surface area contributed by atoms with Crippen LogP contribution in [0.15, 0.2) is 16.9 Å². The standard InChI is InChI=1S/C9H13BrN2/c1-9(2,3)4-7-5-11-12-6-8(7)10/h5-6H,4H2,1-3H3. The van der Waals surface area contributed by atoms with Crippen molar-refractivity contribution >= 4 is 15.9 Å². The van der Waals surface area contributed by atoms with Crippen molar-refractivity contribution in [3.63, 3.8) is 0 Å². The monoisotopic (exact) mass is 228 g/mol. The first-order valence-corrected chi connectivity index (χ1v) is 4.73. The van der Waals surface area contributed by atoms with E-state index >= 15 is 0 Å². The van der Waals surface area contributed by atoms with Crippen molar-refractivity contribution in [3.8, 4) is 0 Å². The summed E-state index contributed by atoms with van der Waals surface area (Å²) in [5.74, 6) is 0. The molecule has 0 aromatic carbocycles. The van der Waals surface area contributed by atoms with Crippen LogP contribution in [0, 0.1) is 5.41 Å². The normalized spacial score (nSPS) is 11.7. The maximum absolute atomic E-state index is 3.85. The van der Waals surface area contributed by atoms with Gasteiger partial charge in [-0.25, -0.2) is 0 Å². The summed E-state index contributed by atoms with van der Waals surface area (Å²) in [6.07, 6.45) is 4.57. The predicted molar refractivity (Wildman–Crippen MR) is 52.9 cm³/mol. The number of nitrogens with zero attached hydrogens (tertiary/aromatic N) is 2. The summed E-state index contributed by atoms with van der Waals surface area (Å²) in [6.45, 7) is 6.62. The molecule has 1 aromatic rings. The second-order valence-corrected chi connectivity index (χ2v) is 4.95. The Labute approximate surface area is 81.5 Å². The minimum absolute atomic E-state index is 0.297. The third kappa shape index (κ3) is 2.89. The van der Waals surface area contributed by atoms with Gasteiger partial charge in [0, 0.05) is 4.47 Å². The third-order valence-electron chi connectivity index (χ3n) is 1.48. The molecule has 0 aliphatic heterocycles. The van der Waals surface area contributed by atoms with E-state index in [4.69, 9.17) is 0 Å². The summed E-state index contributed by atoms with van der Waals surface area (Å²) >= 11 is 3.45. The van der Waals surface area contributed by atoms with Gasteiger partial charge in [-0.1, -0.05) is 20.8 Å². The van der Waals surface area contributed by atoms with E-state index in [-0.39, 0.29) is 0 Å². The van der Waals surface area contributed by atoms with Crippen molar-refractivity contribution in [2.75, 3.05) is 0 Å². The van der Waals surface area contributed by atoms with Crippen LogP contribution in [0.5, 0.6) is 0 Å². The van der Waals surface area contributed by atoms with Crippen molar-refractivity contribution < 1.29 is 0 Å². The predicted octanol–water partition coefficient (Wildman–Crippen LogP) is 2.83. The van der Waals surface area contributed by atoms with Crippen LogP contribution in [-0.4, -0.2) is 10.2 Å². The molecule has 0 bridgehead atoms. The summed E-state index contributed by atoms with van der Waals surface area (Å²) in [5, 5.41) is 7.63. The Kier molecular flexibility index (Phi) is 2.83. The molecule has 3 heteroatoms. The number of hydrogen-bond donors (Lipinski definition) is 0. The van der Waals surface area contributed by atoms with Crippen LogP contribution in [0.4, 0.5) is 0 Å². The molecule has 2 nitrogen and oxygen atoms in total. The fraction of sp³-hybridized carbons (Fsp3) is 0.556. The van der Waals surface area contributed by atoms with E-state index in [9.17, 15) is 0 Å². The molecule has 0 N–H and O–H groups in total. The molecule has 1 aromatic heterocycles. The second kappa shape index (κ2) is 3.52. The summed E-state index contributed by atoms with van der Waals surface area (Å²) < 4.78 is 1.05. The maximum Gasteiger partial charge on any atom is 0.0641 e. The molecule has 12 heavy (non-hydrogen) atoms. The van der Waals surface area contributed by atoms with Crippen LogP contribution < -0.4 is 0 Å². The van der Waals surface area contributed by atoms with Crippen molar-refractivity contribution in [1.82, 2.24) is 10.2 Å². The Balaban J connectivity index is 2.83. The van der Waals surface area contributed by atoms with Gasteiger partial charge < -0.3 is 0 Å². The Morgan fingerprint density at radius 1 is 1.25 bits per heavy atom. The Hall–Kier alpha value is -0.440. The van der Waals surface area contributed by atoms with Crippen molar-refractivity contribution in [3.05, 3.63) is 22.4 Å². The van der Waals surface area contributed by atoms with Crippen LogP contribution in [0.25, 0.3) is 0 Å². The third-order valence-corrected chi connectivity index (χ3v) is 2.19. The quantitative estimate of drug-likeness (QED) is 0.739. The van der Waals surface area contributed by atoms with Crippen LogP contribution >= 0.6 is 15.9 Å². The maximum atomic E-state index is 3.85. The first-order valence-electron chi connectivity index (χ1n) is 3.94. The van der Waals surface area contributed by atoms with Crippen LogP contribution in [-0.2, 0) is 6.42 Å². The molecular weight excluding hydrogens is 216 g/mol. The van der Waals surface area contributed by atoms with Gasteiger partial charge in [-0.05, 0) is 33.3 Å². The van der Waals surface area contributed by atoms with E-state index in [2.05, 4.69) is 46.9 Å². The molecule has 0 radical (unpaired) electrons. The van der Waals surface area contributed by atoms with Crippen molar-refractivity contribution in [2.24, 2.45) is 5.41 Å². The Morgan fingerprint density at radius 2 is 1.83 bits per heavy atom. The highest BCUT2D eigenvalue weighted by Gasteiger charge is 2.13. The molecule has 0 saturated carbocycles. The smallest absolute Gasteiger partial charge is 0.0641 e. The second-order valence-electron chi connectivity index (χ2n) is 4.10. The minimum atomic E-state index is 0.297. The van der Waals surface area contributed by atoms with Crippen molar-refractivity contribution in [1.29, 1.82) is 0 Å². The average Bonchev–Trinajstić information content (AvgIpc) is 1.91. The highest BCUT2D eigenvalue weighted by Crippen LogP contribution is 2.24. The van der Waals surface area contributed by atoms with Gasteiger partial charge in [0.05, 0.1) is 12.4 Å². The lowest BCUT2D eigenvalue weighted by Crippen LogP contribution is -2.10. The van der Waals surface area contributed by atoms with E-state index in [1.165, 1.54) is 5.56 Å². The molecule has 66 valence electrons. The molecule has 0 aliphatic rings. The molecule has 0 fully saturated rings. The molecule has 0 aliphatic carbocycles. The highest BCUT2D eigenvalue weighted by molar-refractivity contribution is 9.10. The SMILES string of the molecule is CC(C)(C)Cc1cnncc1Br. The fourth-order valence-electron chi connectivity index (χ4n) is 1.03. The molecule has 0 amide bonds. The first kappa shape index (κ1) is 9.65. The van der Waals surface area contributed by atoms with Gasteiger partial charge in [0.2, 0.25) is 0 Å². The van der Waals surface area contributed by atoms with E-state index in [0.29, 0.717) is 5.41 Å². The topological polar surface area (TPSA) is 25.8 Å². The van der Waals surface area contributed by atoms with Gasteiger partial charge in [0.1, 0.15) is 0 Å². The molecule has 0 spiro atoms. The first-order chi connectivity index (χ1) is 5.49. The zero-order valence-electron chi connectivity index (χ0n) is 7.63. The average molecular weight is 229 g/mol. The van der Waals surface area contributed by atoms with Gasteiger partial charge >= 0.3 is 0 Å².